The van der Waals surface area contributed by atoms with Crippen LogP contribution in [0.1, 0.15) is 88.9 Å². The molecule has 3 aliphatic heterocycles. The lowest BCUT2D eigenvalue weighted by Gasteiger charge is -2.30. The second-order valence-electron chi connectivity index (χ2n) is 16.9. The number of ether oxygens (including phenoxy) is 2. The van der Waals surface area contributed by atoms with Gasteiger partial charge in [-0.15, -0.1) is 0 Å². The Balaban J connectivity index is 0.957. The molecule has 3 aromatic carbocycles. The number of aliphatic imine (C=N–C) groups is 1. The number of alkyl carbamates (subject to hydrolysis) is 1. The van der Waals surface area contributed by atoms with Crippen molar-refractivity contribution in [2.24, 2.45) is 10.9 Å². The minimum absolute atomic E-state index is 0.0748. The Labute approximate surface area is 328 Å². The van der Waals surface area contributed by atoms with E-state index in [2.05, 4.69) is 64.9 Å². The molecular formula is C45H52N6O5. The summed E-state index contributed by atoms with van der Waals surface area (Å²) >= 11 is 0. The zero-order valence-electron chi connectivity index (χ0n) is 33.3. The fraction of sp³-hybridized carbons (Fsp3) is 0.444. The number of amides is 3. The lowest BCUT2D eigenvalue weighted by molar-refractivity contribution is -0.134. The molecule has 2 saturated heterocycles. The highest BCUT2D eigenvalue weighted by Gasteiger charge is 2.39. The summed E-state index contributed by atoms with van der Waals surface area (Å²) in [6.45, 7) is 10.9. The van der Waals surface area contributed by atoms with Gasteiger partial charge in [0.25, 0.3) is 0 Å². The highest BCUT2D eigenvalue weighted by molar-refractivity contribution is 6.01. The van der Waals surface area contributed by atoms with E-state index < -0.39 is 17.7 Å². The molecule has 56 heavy (non-hydrogen) atoms. The van der Waals surface area contributed by atoms with Gasteiger partial charge < -0.3 is 24.7 Å². The van der Waals surface area contributed by atoms with Gasteiger partial charge in [-0.2, -0.15) is 0 Å². The molecule has 4 aliphatic rings. The summed E-state index contributed by atoms with van der Waals surface area (Å²) in [6, 6.07) is 19.1. The average molecular weight is 757 g/mol. The number of likely N-dealkylation sites (tertiary alicyclic amines) is 2. The van der Waals surface area contributed by atoms with Gasteiger partial charge in [0.05, 0.1) is 36.8 Å². The molecule has 2 N–H and O–H groups in total. The number of nitrogens with zero attached hydrogens (tertiary/aromatic N) is 4. The van der Waals surface area contributed by atoms with Crippen molar-refractivity contribution in [1.29, 1.82) is 0 Å². The van der Waals surface area contributed by atoms with Gasteiger partial charge in [0.15, 0.2) is 0 Å². The molecule has 11 heteroatoms. The van der Waals surface area contributed by atoms with Gasteiger partial charge >= 0.3 is 12.2 Å². The van der Waals surface area contributed by atoms with E-state index in [0.717, 1.165) is 72.6 Å². The van der Waals surface area contributed by atoms with E-state index in [1.54, 1.807) is 4.90 Å². The lowest BCUT2D eigenvalue weighted by atomic mass is 9.83. The molecule has 4 heterocycles. The Morgan fingerprint density at radius 2 is 1.46 bits per heavy atom. The maximum absolute atomic E-state index is 13.7. The van der Waals surface area contributed by atoms with E-state index in [4.69, 9.17) is 19.5 Å². The molecule has 0 unspecified atom stereocenters. The fourth-order valence-corrected chi connectivity index (χ4v) is 8.84. The molecule has 0 saturated carbocycles. The zero-order valence-corrected chi connectivity index (χ0v) is 33.3. The molecule has 1 aromatic heterocycles. The van der Waals surface area contributed by atoms with Crippen LogP contribution in [0.25, 0.3) is 33.5 Å². The maximum atomic E-state index is 13.7. The fourth-order valence-electron chi connectivity index (χ4n) is 8.84. The van der Waals surface area contributed by atoms with Crippen molar-refractivity contribution in [3.05, 3.63) is 83.3 Å². The van der Waals surface area contributed by atoms with Crippen molar-refractivity contribution in [2.75, 3.05) is 20.2 Å². The summed E-state index contributed by atoms with van der Waals surface area (Å²) in [5.74, 6) is 0.643. The predicted molar refractivity (Wildman–Crippen MR) is 217 cm³/mol. The number of carbonyl (C=O) groups is 3. The van der Waals surface area contributed by atoms with E-state index in [1.165, 1.54) is 40.5 Å². The minimum Gasteiger partial charge on any atom is -0.453 e. The number of aromatic nitrogens is 2. The molecular weight excluding hydrogens is 705 g/mol. The molecule has 3 atom stereocenters. The number of hydrogen-bond acceptors (Lipinski definition) is 7. The first-order chi connectivity index (χ1) is 26.9. The molecule has 0 radical (unpaired) electrons. The van der Waals surface area contributed by atoms with E-state index in [1.807, 2.05) is 45.7 Å². The standard InChI is InChI=1S/C45H52N6O5/c1-26(2)40(49-43(53)55-6)42(52)50-19-7-9-38(50)36-24-32-22-28(15-18-35(32)47-36)27-13-16-33-29(21-27)11-12-30-23-31(14-17-34(30)33)37-25-46-41(48-37)39-10-8-20-51(39)44(54)56-45(3,4)5/h13-18,21-23,25-26,38-40H,7-12,19-20,24H2,1-6H3,(H,46,48)(H,49,53)/t38-,39-,40-/m0/s1. The molecule has 292 valence electrons. The molecule has 4 aromatic rings. The zero-order chi connectivity index (χ0) is 39.3. The van der Waals surface area contributed by atoms with E-state index >= 15 is 0 Å². The van der Waals surface area contributed by atoms with Crippen LogP contribution in [-0.2, 0) is 33.5 Å². The Hall–Kier alpha value is -5.45. The van der Waals surface area contributed by atoms with Crippen LogP contribution >= 0.6 is 0 Å². The second kappa shape index (κ2) is 14.9. The number of aromatic amines is 1. The van der Waals surface area contributed by atoms with Gasteiger partial charge in [-0.25, -0.2) is 14.6 Å². The third kappa shape index (κ3) is 7.31. The molecule has 2 fully saturated rings. The van der Waals surface area contributed by atoms with Crippen LogP contribution in [0, 0.1) is 5.92 Å². The quantitative estimate of drug-likeness (QED) is 0.194. The van der Waals surface area contributed by atoms with E-state index in [0.29, 0.717) is 19.5 Å². The highest BCUT2D eigenvalue weighted by Crippen LogP contribution is 2.40. The SMILES string of the molecule is COC(=O)N[C@H](C(=O)N1CCC[C@H]1C1=Nc2ccc(-c3ccc4c(c3)CCc3cc(-c5cnc([C@@H]6CCCN6C(=O)OC(C)(C)C)[nH]5)ccc3-4)cc2C1)C(C)C. The van der Waals surface area contributed by atoms with Crippen LogP contribution in [0.3, 0.4) is 0 Å². The number of aryl methyl sites for hydroxylation is 2. The first kappa shape index (κ1) is 37.5. The van der Waals surface area contributed by atoms with Gasteiger partial charge in [-0.05, 0) is 128 Å². The van der Waals surface area contributed by atoms with Crippen molar-refractivity contribution < 1.29 is 23.9 Å². The summed E-state index contributed by atoms with van der Waals surface area (Å²) in [5.41, 5.74) is 12.2. The molecule has 0 bridgehead atoms. The third-order valence-electron chi connectivity index (χ3n) is 11.6. The van der Waals surface area contributed by atoms with Gasteiger partial charge in [-0.3, -0.25) is 14.7 Å². The lowest BCUT2D eigenvalue weighted by Crippen LogP contribution is -2.53. The molecule has 3 amide bonds. The summed E-state index contributed by atoms with van der Waals surface area (Å²) in [4.78, 5) is 55.6. The Morgan fingerprint density at radius 3 is 2.14 bits per heavy atom. The highest BCUT2D eigenvalue weighted by atomic mass is 16.6. The topological polar surface area (TPSA) is 129 Å². The largest absolute Gasteiger partial charge is 0.453 e. The minimum atomic E-state index is -0.650. The number of hydrogen-bond donors (Lipinski definition) is 2. The maximum Gasteiger partial charge on any atom is 0.410 e. The predicted octanol–water partition coefficient (Wildman–Crippen LogP) is 8.58. The van der Waals surface area contributed by atoms with Gasteiger partial charge in [0.1, 0.15) is 17.5 Å². The number of rotatable bonds is 7. The number of imidazole rings is 1. The van der Waals surface area contributed by atoms with Crippen molar-refractivity contribution in [3.8, 4) is 33.5 Å². The summed E-state index contributed by atoms with van der Waals surface area (Å²) in [6.07, 6.45) is 7.14. The summed E-state index contributed by atoms with van der Waals surface area (Å²) in [7, 11) is 1.31. The Morgan fingerprint density at radius 1 is 0.839 bits per heavy atom. The van der Waals surface area contributed by atoms with E-state index in [9.17, 15) is 14.4 Å². The van der Waals surface area contributed by atoms with Crippen LogP contribution in [0.2, 0.25) is 0 Å². The van der Waals surface area contributed by atoms with Crippen molar-refractivity contribution in [1.82, 2.24) is 25.1 Å². The first-order valence-corrected chi connectivity index (χ1v) is 20.0. The number of fused-ring (bicyclic) bond motifs is 4. The Kier molecular flexibility index (Phi) is 9.97. The number of carbonyl (C=O) groups excluding carboxylic acids is 3. The van der Waals surface area contributed by atoms with Crippen molar-refractivity contribution in [3.63, 3.8) is 0 Å². The van der Waals surface area contributed by atoms with Crippen LogP contribution in [0.5, 0.6) is 0 Å². The van der Waals surface area contributed by atoms with Crippen LogP contribution in [0.4, 0.5) is 15.3 Å². The molecule has 11 nitrogen and oxygen atoms in total. The van der Waals surface area contributed by atoms with Gasteiger partial charge in [-0.1, -0.05) is 50.2 Å². The second-order valence-corrected chi connectivity index (χ2v) is 16.9. The van der Waals surface area contributed by atoms with Crippen molar-refractivity contribution >= 4 is 29.5 Å². The number of methoxy groups -OCH3 is 1. The van der Waals surface area contributed by atoms with Crippen LogP contribution in [-0.4, -0.2) is 81.5 Å². The smallest absolute Gasteiger partial charge is 0.410 e. The summed E-state index contributed by atoms with van der Waals surface area (Å²) in [5, 5.41) is 2.74. The first-order valence-electron chi connectivity index (χ1n) is 20.0. The number of benzene rings is 3. The van der Waals surface area contributed by atoms with Gasteiger partial charge in [0.2, 0.25) is 5.91 Å². The van der Waals surface area contributed by atoms with Crippen molar-refractivity contribution in [2.45, 2.75) is 103 Å². The Bertz CT molecular complexity index is 2220. The van der Waals surface area contributed by atoms with Crippen LogP contribution in [0.15, 0.2) is 65.8 Å². The monoisotopic (exact) mass is 756 g/mol. The van der Waals surface area contributed by atoms with E-state index in [-0.39, 0.29) is 30.0 Å². The molecule has 0 spiro atoms. The molecule has 8 rings (SSSR count). The van der Waals surface area contributed by atoms with Crippen LogP contribution < -0.4 is 5.32 Å². The van der Waals surface area contributed by atoms with Gasteiger partial charge in [0, 0.05) is 25.2 Å². The number of H-pyrrole nitrogens is 1. The number of nitrogens with one attached hydrogen (secondary N) is 2. The molecule has 1 aliphatic carbocycles. The third-order valence-corrected chi connectivity index (χ3v) is 11.6. The normalized spacial score (nSPS) is 19.3. The summed E-state index contributed by atoms with van der Waals surface area (Å²) < 4.78 is 10.5. The average Bonchev–Trinajstić information content (AvgIpc) is 4.01.